The fourth-order valence-corrected chi connectivity index (χ4v) is 2.58. The first-order valence-electron chi connectivity index (χ1n) is 5.74. The van der Waals surface area contributed by atoms with Gasteiger partial charge in [0.05, 0.1) is 5.41 Å². The quantitative estimate of drug-likeness (QED) is 0.741. The standard InChI is InChI=1S/C12H15NO4/c1-8-6-9(14)13(10(8)15)7-12(11(16)17)4-2-3-5-12/h6H,2-5,7H2,1H3,(H,16,17). The molecule has 17 heavy (non-hydrogen) atoms. The van der Waals surface area contributed by atoms with Gasteiger partial charge in [-0.15, -0.1) is 0 Å². The number of aliphatic carboxylic acids is 1. The Hall–Kier alpha value is -1.65. The second-order valence-electron chi connectivity index (χ2n) is 4.85. The van der Waals surface area contributed by atoms with Gasteiger partial charge < -0.3 is 5.11 Å². The largest absolute Gasteiger partial charge is 0.481 e. The molecule has 92 valence electrons. The summed E-state index contributed by atoms with van der Waals surface area (Å²) in [5.41, 5.74) is -0.544. The lowest BCUT2D eigenvalue weighted by molar-refractivity contribution is -0.152. The average molecular weight is 237 g/mol. The maximum Gasteiger partial charge on any atom is 0.311 e. The average Bonchev–Trinajstić information content (AvgIpc) is 2.81. The highest BCUT2D eigenvalue weighted by Gasteiger charge is 2.45. The van der Waals surface area contributed by atoms with E-state index in [4.69, 9.17) is 0 Å². The molecule has 1 aliphatic heterocycles. The number of rotatable bonds is 3. The zero-order valence-corrected chi connectivity index (χ0v) is 9.73. The maximum absolute atomic E-state index is 11.7. The Morgan fingerprint density at radius 1 is 1.41 bits per heavy atom. The van der Waals surface area contributed by atoms with Crippen molar-refractivity contribution >= 4 is 17.8 Å². The monoisotopic (exact) mass is 237 g/mol. The van der Waals surface area contributed by atoms with Crippen molar-refractivity contribution in [2.45, 2.75) is 32.6 Å². The third kappa shape index (κ3) is 1.85. The van der Waals surface area contributed by atoms with E-state index in [9.17, 15) is 19.5 Å². The van der Waals surface area contributed by atoms with Crippen LogP contribution in [0.15, 0.2) is 11.6 Å². The van der Waals surface area contributed by atoms with Gasteiger partial charge in [0, 0.05) is 18.2 Å². The number of carboxylic acids is 1. The lowest BCUT2D eigenvalue weighted by Gasteiger charge is -2.28. The van der Waals surface area contributed by atoms with Crippen LogP contribution in [0.4, 0.5) is 0 Å². The van der Waals surface area contributed by atoms with Gasteiger partial charge in [-0.2, -0.15) is 0 Å². The second kappa shape index (κ2) is 3.98. The van der Waals surface area contributed by atoms with E-state index in [2.05, 4.69) is 0 Å². The first-order valence-corrected chi connectivity index (χ1v) is 5.74. The molecule has 0 spiro atoms. The Balaban J connectivity index is 2.18. The van der Waals surface area contributed by atoms with E-state index in [0.29, 0.717) is 18.4 Å². The lowest BCUT2D eigenvalue weighted by Crippen LogP contribution is -2.44. The molecule has 0 aromatic rings. The molecule has 1 fully saturated rings. The van der Waals surface area contributed by atoms with Crippen molar-refractivity contribution in [1.82, 2.24) is 4.90 Å². The summed E-state index contributed by atoms with van der Waals surface area (Å²) < 4.78 is 0. The molecular weight excluding hydrogens is 222 g/mol. The summed E-state index contributed by atoms with van der Waals surface area (Å²) in [6, 6.07) is 0. The highest BCUT2D eigenvalue weighted by molar-refractivity contribution is 6.16. The number of nitrogens with zero attached hydrogens (tertiary/aromatic N) is 1. The molecule has 0 atom stereocenters. The van der Waals surface area contributed by atoms with Crippen LogP contribution in [0.2, 0.25) is 0 Å². The molecule has 2 amide bonds. The maximum atomic E-state index is 11.7. The molecule has 0 aromatic carbocycles. The van der Waals surface area contributed by atoms with Crippen LogP contribution in [0.1, 0.15) is 32.6 Å². The molecule has 2 aliphatic rings. The van der Waals surface area contributed by atoms with Crippen LogP contribution in [-0.4, -0.2) is 34.3 Å². The Morgan fingerprint density at radius 2 is 2.00 bits per heavy atom. The molecule has 1 aliphatic carbocycles. The van der Waals surface area contributed by atoms with Crippen molar-refractivity contribution in [1.29, 1.82) is 0 Å². The van der Waals surface area contributed by atoms with Crippen LogP contribution in [0.25, 0.3) is 0 Å². The van der Waals surface area contributed by atoms with Gasteiger partial charge in [-0.1, -0.05) is 12.8 Å². The van der Waals surface area contributed by atoms with E-state index in [1.54, 1.807) is 6.92 Å². The van der Waals surface area contributed by atoms with Crippen molar-refractivity contribution in [2.24, 2.45) is 5.41 Å². The Kier molecular flexibility index (Phi) is 2.77. The topological polar surface area (TPSA) is 74.7 Å². The highest BCUT2D eigenvalue weighted by Crippen LogP contribution is 2.39. The van der Waals surface area contributed by atoms with Gasteiger partial charge in [0.1, 0.15) is 0 Å². The number of carbonyl (C=O) groups is 3. The van der Waals surface area contributed by atoms with Crippen molar-refractivity contribution in [3.05, 3.63) is 11.6 Å². The van der Waals surface area contributed by atoms with Crippen LogP contribution in [0.5, 0.6) is 0 Å². The van der Waals surface area contributed by atoms with E-state index in [-0.39, 0.29) is 18.4 Å². The molecule has 0 aromatic heterocycles. The van der Waals surface area contributed by atoms with Crippen LogP contribution in [0, 0.1) is 5.41 Å². The minimum absolute atomic E-state index is 0.00778. The van der Waals surface area contributed by atoms with Crippen LogP contribution in [0.3, 0.4) is 0 Å². The summed E-state index contributed by atoms with van der Waals surface area (Å²) in [5.74, 6) is -1.65. The Morgan fingerprint density at radius 3 is 2.41 bits per heavy atom. The van der Waals surface area contributed by atoms with Gasteiger partial charge in [0.15, 0.2) is 0 Å². The molecular formula is C12H15NO4. The van der Waals surface area contributed by atoms with E-state index in [1.807, 2.05) is 0 Å². The van der Waals surface area contributed by atoms with Gasteiger partial charge >= 0.3 is 5.97 Å². The molecule has 0 saturated heterocycles. The second-order valence-corrected chi connectivity index (χ2v) is 4.85. The van der Waals surface area contributed by atoms with Crippen molar-refractivity contribution in [3.8, 4) is 0 Å². The van der Waals surface area contributed by atoms with Crippen LogP contribution < -0.4 is 0 Å². The Bertz CT molecular complexity index is 418. The van der Waals surface area contributed by atoms with Crippen LogP contribution in [-0.2, 0) is 14.4 Å². The van der Waals surface area contributed by atoms with E-state index in [1.165, 1.54) is 6.08 Å². The van der Waals surface area contributed by atoms with Crippen LogP contribution >= 0.6 is 0 Å². The third-order valence-corrected chi connectivity index (χ3v) is 3.66. The molecule has 1 heterocycles. The van der Waals surface area contributed by atoms with E-state index < -0.39 is 11.4 Å². The van der Waals surface area contributed by atoms with E-state index in [0.717, 1.165) is 17.7 Å². The number of imide groups is 1. The molecule has 0 unspecified atom stereocenters. The molecule has 5 heteroatoms. The van der Waals surface area contributed by atoms with Crippen molar-refractivity contribution < 1.29 is 19.5 Å². The number of carboxylic acid groups (broad SMARTS) is 1. The van der Waals surface area contributed by atoms with Gasteiger partial charge in [-0.25, -0.2) is 0 Å². The van der Waals surface area contributed by atoms with Gasteiger partial charge in [0.2, 0.25) is 0 Å². The zero-order valence-electron chi connectivity index (χ0n) is 9.73. The summed E-state index contributed by atoms with van der Waals surface area (Å²) in [4.78, 5) is 35.7. The highest BCUT2D eigenvalue weighted by atomic mass is 16.4. The lowest BCUT2D eigenvalue weighted by atomic mass is 9.85. The van der Waals surface area contributed by atoms with Gasteiger partial charge in [-0.05, 0) is 19.8 Å². The fourth-order valence-electron chi connectivity index (χ4n) is 2.58. The SMILES string of the molecule is CC1=CC(=O)N(CC2(C(=O)O)CCCC2)C1=O. The van der Waals surface area contributed by atoms with Crippen molar-refractivity contribution in [3.63, 3.8) is 0 Å². The summed E-state index contributed by atoms with van der Waals surface area (Å²) in [6.07, 6.45) is 4.04. The normalized spacial score (nSPS) is 23.1. The Labute approximate surface area is 99.1 Å². The summed E-state index contributed by atoms with van der Waals surface area (Å²) in [5, 5.41) is 9.30. The molecule has 1 saturated carbocycles. The molecule has 1 N–H and O–H groups in total. The molecule has 2 rings (SSSR count). The first-order chi connectivity index (χ1) is 7.96. The number of carbonyl (C=O) groups excluding carboxylic acids is 2. The fraction of sp³-hybridized carbons (Fsp3) is 0.583. The summed E-state index contributed by atoms with van der Waals surface area (Å²) in [7, 11) is 0. The number of hydrogen-bond donors (Lipinski definition) is 1. The third-order valence-electron chi connectivity index (χ3n) is 3.66. The van der Waals surface area contributed by atoms with E-state index >= 15 is 0 Å². The number of amides is 2. The summed E-state index contributed by atoms with van der Waals surface area (Å²) in [6.45, 7) is 1.58. The predicted octanol–water partition coefficient (Wildman–Crippen LogP) is 0.947. The molecule has 0 bridgehead atoms. The zero-order chi connectivity index (χ0) is 12.6. The first kappa shape index (κ1) is 11.8. The van der Waals surface area contributed by atoms with Gasteiger partial charge in [0.25, 0.3) is 11.8 Å². The minimum atomic E-state index is -0.927. The van der Waals surface area contributed by atoms with Crippen molar-refractivity contribution in [2.75, 3.05) is 6.54 Å². The molecule has 0 radical (unpaired) electrons. The minimum Gasteiger partial charge on any atom is -0.481 e. The number of hydrogen-bond acceptors (Lipinski definition) is 3. The van der Waals surface area contributed by atoms with Gasteiger partial charge in [-0.3, -0.25) is 19.3 Å². The predicted molar refractivity (Wildman–Crippen MR) is 59.0 cm³/mol. The summed E-state index contributed by atoms with van der Waals surface area (Å²) >= 11 is 0. The smallest absolute Gasteiger partial charge is 0.311 e. The molecule has 5 nitrogen and oxygen atoms in total.